The van der Waals surface area contributed by atoms with E-state index in [1.54, 1.807) is 18.2 Å². The van der Waals surface area contributed by atoms with Gasteiger partial charge in [-0.05, 0) is 12.1 Å². The van der Waals surface area contributed by atoms with Crippen molar-refractivity contribution in [3.05, 3.63) is 28.8 Å². The highest BCUT2D eigenvalue weighted by Gasteiger charge is 2.05. The van der Waals surface area contributed by atoms with Gasteiger partial charge in [0.2, 0.25) is 0 Å². The van der Waals surface area contributed by atoms with Gasteiger partial charge in [0.15, 0.2) is 0 Å². The van der Waals surface area contributed by atoms with Crippen LogP contribution in [0.25, 0.3) is 0 Å². The maximum Gasteiger partial charge on any atom is 0.304 e. The van der Waals surface area contributed by atoms with Crippen molar-refractivity contribution in [1.82, 2.24) is 5.32 Å². The van der Waals surface area contributed by atoms with Crippen LogP contribution >= 0.6 is 11.6 Å². The monoisotopic (exact) mass is 229 g/mol. The molecular formula is C10H12ClNO3. The molecule has 0 unspecified atom stereocenters. The highest BCUT2D eigenvalue weighted by atomic mass is 35.5. The molecule has 0 aliphatic rings. The molecule has 3 N–H and O–H groups in total. The fourth-order valence-corrected chi connectivity index (χ4v) is 1.37. The van der Waals surface area contributed by atoms with E-state index in [1.807, 2.05) is 0 Å². The molecule has 0 aliphatic heterocycles. The molecule has 0 aromatic heterocycles. The first-order chi connectivity index (χ1) is 7.11. The number of hydrogen-bond acceptors (Lipinski definition) is 3. The zero-order valence-corrected chi connectivity index (χ0v) is 8.79. The minimum atomic E-state index is -0.856. The lowest BCUT2D eigenvalue weighted by atomic mass is 10.2. The molecule has 0 radical (unpaired) electrons. The number of carboxylic acid groups (broad SMARTS) is 1. The molecule has 1 aromatic carbocycles. The van der Waals surface area contributed by atoms with Gasteiger partial charge in [0.05, 0.1) is 6.42 Å². The number of carbonyl (C=O) groups is 1. The van der Waals surface area contributed by atoms with Gasteiger partial charge in [-0.2, -0.15) is 0 Å². The molecule has 0 heterocycles. The average Bonchev–Trinajstić information content (AvgIpc) is 2.15. The van der Waals surface area contributed by atoms with Crippen molar-refractivity contribution in [1.29, 1.82) is 0 Å². The predicted molar refractivity (Wildman–Crippen MR) is 57.1 cm³/mol. The second-order valence-corrected chi connectivity index (χ2v) is 3.47. The summed E-state index contributed by atoms with van der Waals surface area (Å²) in [4.78, 5) is 10.2. The Morgan fingerprint density at radius 2 is 2.20 bits per heavy atom. The van der Waals surface area contributed by atoms with E-state index in [2.05, 4.69) is 5.32 Å². The molecule has 0 atom stereocenters. The molecule has 0 bridgehead atoms. The molecule has 1 rings (SSSR count). The summed E-state index contributed by atoms with van der Waals surface area (Å²) in [6.07, 6.45) is 0.0468. The van der Waals surface area contributed by atoms with Crippen LogP contribution < -0.4 is 5.32 Å². The summed E-state index contributed by atoms with van der Waals surface area (Å²) in [6, 6.07) is 4.87. The van der Waals surface area contributed by atoms with Crippen LogP contribution in [0.1, 0.15) is 12.0 Å². The predicted octanol–water partition coefficient (Wildman–Crippen LogP) is 1.61. The van der Waals surface area contributed by atoms with E-state index < -0.39 is 5.97 Å². The number of hydrogen-bond donors (Lipinski definition) is 3. The van der Waals surface area contributed by atoms with Gasteiger partial charge in [-0.1, -0.05) is 17.7 Å². The Hall–Kier alpha value is -1.26. The SMILES string of the molecule is O=C(O)CCNCc1c(O)cccc1Cl. The number of benzene rings is 1. The third-order valence-electron chi connectivity index (χ3n) is 1.91. The van der Waals surface area contributed by atoms with Crippen molar-refractivity contribution in [2.75, 3.05) is 6.54 Å². The molecule has 0 amide bonds. The van der Waals surface area contributed by atoms with Crippen molar-refractivity contribution in [2.24, 2.45) is 0 Å². The zero-order chi connectivity index (χ0) is 11.3. The van der Waals surface area contributed by atoms with Gasteiger partial charge in [-0.3, -0.25) is 4.79 Å². The topological polar surface area (TPSA) is 69.6 Å². The Kier molecular flexibility index (Phi) is 4.39. The average molecular weight is 230 g/mol. The maximum absolute atomic E-state index is 10.2. The quantitative estimate of drug-likeness (QED) is 0.671. The van der Waals surface area contributed by atoms with Crippen molar-refractivity contribution in [3.63, 3.8) is 0 Å². The summed E-state index contributed by atoms with van der Waals surface area (Å²) in [5.74, 6) is -0.740. The molecule has 15 heavy (non-hydrogen) atoms. The van der Waals surface area contributed by atoms with Crippen molar-refractivity contribution >= 4 is 17.6 Å². The summed E-state index contributed by atoms with van der Waals surface area (Å²) < 4.78 is 0. The maximum atomic E-state index is 10.2. The minimum absolute atomic E-state index is 0.0468. The van der Waals surface area contributed by atoms with Gasteiger partial charge >= 0.3 is 5.97 Å². The molecule has 0 saturated heterocycles. The van der Waals surface area contributed by atoms with Crippen molar-refractivity contribution in [2.45, 2.75) is 13.0 Å². The summed E-state index contributed by atoms with van der Waals surface area (Å²) in [7, 11) is 0. The van der Waals surface area contributed by atoms with E-state index in [1.165, 1.54) is 0 Å². The lowest BCUT2D eigenvalue weighted by Crippen LogP contribution is -2.17. The van der Waals surface area contributed by atoms with Crippen LogP contribution in [-0.2, 0) is 11.3 Å². The third kappa shape index (κ3) is 3.77. The van der Waals surface area contributed by atoms with Crippen LogP contribution in [0, 0.1) is 0 Å². The highest BCUT2D eigenvalue weighted by molar-refractivity contribution is 6.31. The Bertz CT molecular complexity index is 334. The molecule has 0 fully saturated rings. The van der Waals surface area contributed by atoms with E-state index in [0.717, 1.165) is 0 Å². The van der Waals surface area contributed by atoms with Crippen LogP contribution in [0.2, 0.25) is 5.02 Å². The molecule has 1 aromatic rings. The van der Waals surface area contributed by atoms with Crippen LogP contribution in [0.3, 0.4) is 0 Å². The molecule has 0 spiro atoms. The highest BCUT2D eigenvalue weighted by Crippen LogP contribution is 2.24. The van der Waals surface area contributed by atoms with Gasteiger partial charge in [0.1, 0.15) is 5.75 Å². The largest absolute Gasteiger partial charge is 0.508 e. The number of aliphatic carboxylic acids is 1. The van der Waals surface area contributed by atoms with Crippen molar-refractivity contribution < 1.29 is 15.0 Å². The number of phenolic OH excluding ortho intramolecular Hbond substituents is 1. The molecule has 4 nitrogen and oxygen atoms in total. The Morgan fingerprint density at radius 3 is 2.80 bits per heavy atom. The summed E-state index contributed by atoms with van der Waals surface area (Å²) in [5.41, 5.74) is 0.588. The van der Waals surface area contributed by atoms with E-state index >= 15 is 0 Å². The minimum Gasteiger partial charge on any atom is -0.508 e. The van der Waals surface area contributed by atoms with Crippen LogP contribution in [0.5, 0.6) is 5.75 Å². The van der Waals surface area contributed by atoms with Gasteiger partial charge in [-0.25, -0.2) is 0 Å². The van der Waals surface area contributed by atoms with Gasteiger partial charge in [0, 0.05) is 23.7 Å². The van der Waals surface area contributed by atoms with Gasteiger partial charge in [0.25, 0.3) is 0 Å². The number of nitrogens with one attached hydrogen (secondary N) is 1. The van der Waals surface area contributed by atoms with Crippen LogP contribution in [-0.4, -0.2) is 22.7 Å². The lowest BCUT2D eigenvalue weighted by molar-refractivity contribution is -0.136. The van der Waals surface area contributed by atoms with Crippen molar-refractivity contribution in [3.8, 4) is 5.75 Å². The fraction of sp³-hybridized carbons (Fsp3) is 0.300. The second-order valence-electron chi connectivity index (χ2n) is 3.06. The molecule has 82 valence electrons. The van der Waals surface area contributed by atoms with E-state index in [4.69, 9.17) is 16.7 Å². The first kappa shape index (κ1) is 11.8. The standard InChI is InChI=1S/C10H12ClNO3/c11-8-2-1-3-9(13)7(8)6-12-5-4-10(14)15/h1-3,12-13H,4-6H2,(H,14,15). The number of rotatable bonds is 5. The van der Waals surface area contributed by atoms with Crippen LogP contribution in [0.15, 0.2) is 18.2 Å². The van der Waals surface area contributed by atoms with E-state index in [-0.39, 0.29) is 12.2 Å². The first-order valence-corrected chi connectivity index (χ1v) is 4.88. The summed E-state index contributed by atoms with van der Waals surface area (Å²) >= 11 is 5.85. The molecule has 0 aliphatic carbocycles. The van der Waals surface area contributed by atoms with Gasteiger partial charge < -0.3 is 15.5 Å². The fourth-order valence-electron chi connectivity index (χ4n) is 1.13. The Balaban J connectivity index is 2.47. The normalized spacial score (nSPS) is 10.2. The zero-order valence-electron chi connectivity index (χ0n) is 8.03. The number of aromatic hydroxyl groups is 1. The first-order valence-electron chi connectivity index (χ1n) is 4.50. The van der Waals surface area contributed by atoms with Crippen LogP contribution in [0.4, 0.5) is 0 Å². The summed E-state index contributed by atoms with van der Waals surface area (Å²) in [6.45, 7) is 0.707. The second kappa shape index (κ2) is 5.58. The van der Waals surface area contributed by atoms with E-state index in [9.17, 15) is 9.90 Å². The summed E-state index contributed by atoms with van der Waals surface area (Å²) in [5, 5.41) is 21.2. The molecule has 5 heteroatoms. The Labute approximate surface area is 92.5 Å². The molecular weight excluding hydrogens is 218 g/mol. The number of phenols is 1. The third-order valence-corrected chi connectivity index (χ3v) is 2.27. The Morgan fingerprint density at radius 1 is 1.47 bits per heavy atom. The number of halogens is 1. The number of carboxylic acids is 1. The van der Waals surface area contributed by atoms with E-state index in [0.29, 0.717) is 23.7 Å². The smallest absolute Gasteiger partial charge is 0.304 e. The lowest BCUT2D eigenvalue weighted by Gasteiger charge is -2.07. The van der Waals surface area contributed by atoms with Gasteiger partial charge in [-0.15, -0.1) is 0 Å². The molecule has 0 saturated carbocycles.